The van der Waals surface area contributed by atoms with Gasteiger partial charge in [-0.15, -0.1) is 0 Å². The van der Waals surface area contributed by atoms with Crippen LogP contribution in [-0.2, 0) is 5.41 Å². The van der Waals surface area contributed by atoms with E-state index in [9.17, 15) is 0 Å². The van der Waals surface area contributed by atoms with Crippen molar-refractivity contribution in [2.24, 2.45) is 0 Å². The molecule has 4 heteroatoms. The number of pyridine rings is 1. The minimum atomic E-state index is -0.584. The van der Waals surface area contributed by atoms with Gasteiger partial charge in [-0.2, -0.15) is 0 Å². The summed E-state index contributed by atoms with van der Waals surface area (Å²) in [5, 5.41) is 0. The molecule has 1 aliphatic carbocycles. The summed E-state index contributed by atoms with van der Waals surface area (Å²) >= 11 is 0. The molecule has 0 amide bonds. The Bertz CT molecular complexity index is 2330. The van der Waals surface area contributed by atoms with Crippen LogP contribution in [0.3, 0.4) is 0 Å². The maximum Gasteiger partial charge on any atom is 0.132 e. The highest BCUT2D eigenvalue weighted by Gasteiger charge is 2.51. The number of hydrogen-bond donors (Lipinski definition) is 0. The number of benzene rings is 5. The van der Waals surface area contributed by atoms with Crippen LogP contribution in [0.5, 0.6) is 11.5 Å². The van der Waals surface area contributed by atoms with Gasteiger partial charge in [0.15, 0.2) is 0 Å². The van der Waals surface area contributed by atoms with E-state index in [-0.39, 0.29) is 0 Å². The zero-order chi connectivity index (χ0) is 31.7. The highest BCUT2D eigenvalue weighted by molar-refractivity contribution is 5.90. The van der Waals surface area contributed by atoms with Gasteiger partial charge in [0.1, 0.15) is 17.3 Å². The molecule has 0 saturated heterocycles. The molecule has 0 fully saturated rings. The number of hydrogen-bond acceptors (Lipinski definition) is 4. The maximum absolute atomic E-state index is 6.79. The second-order valence-corrected chi connectivity index (χ2v) is 12.6. The summed E-state index contributed by atoms with van der Waals surface area (Å²) < 4.78 is 6.79. The molecular weight excluding hydrogens is 574 g/mol. The van der Waals surface area contributed by atoms with Crippen molar-refractivity contribution >= 4 is 0 Å². The van der Waals surface area contributed by atoms with Crippen molar-refractivity contribution in [1.82, 2.24) is 15.0 Å². The number of fused-ring (bicyclic) bond motifs is 9. The van der Waals surface area contributed by atoms with Gasteiger partial charge in [0.25, 0.3) is 0 Å². The lowest BCUT2D eigenvalue weighted by molar-refractivity contribution is 0.436. The minimum absolute atomic E-state index is 0.584. The molecule has 0 radical (unpaired) electrons. The maximum atomic E-state index is 6.79. The predicted octanol–water partition coefficient (Wildman–Crippen LogP) is 10.3. The third kappa shape index (κ3) is 4.18. The number of nitrogens with zero attached hydrogens (tertiary/aromatic N) is 3. The summed E-state index contributed by atoms with van der Waals surface area (Å²) in [6.07, 6.45) is 1.88. The van der Waals surface area contributed by atoms with Crippen LogP contribution in [0.4, 0.5) is 0 Å². The number of rotatable bonds is 3. The summed E-state index contributed by atoms with van der Waals surface area (Å²) in [6.45, 7) is 6.00. The van der Waals surface area contributed by atoms with E-state index in [1.54, 1.807) is 0 Å². The van der Waals surface area contributed by atoms with Crippen molar-refractivity contribution in [3.63, 3.8) is 0 Å². The lowest BCUT2D eigenvalue weighted by Gasteiger charge is -2.40. The first-order chi connectivity index (χ1) is 23.0. The van der Waals surface area contributed by atoms with Gasteiger partial charge in [-0.1, -0.05) is 72.8 Å². The first-order valence-electron chi connectivity index (χ1n) is 16.0. The fraction of sp³-hybridized carbons (Fsp3) is 0.0930. The van der Waals surface area contributed by atoms with Crippen LogP contribution < -0.4 is 4.74 Å². The van der Waals surface area contributed by atoms with Gasteiger partial charge in [0.05, 0.1) is 11.1 Å². The minimum Gasteiger partial charge on any atom is -0.457 e. The second-order valence-electron chi connectivity index (χ2n) is 12.6. The highest BCUT2D eigenvalue weighted by Crippen LogP contribution is 2.62. The molecule has 2 aliphatic rings. The largest absolute Gasteiger partial charge is 0.457 e. The van der Waals surface area contributed by atoms with Gasteiger partial charge in [-0.25, -0.2) is 9.97 Å². The molecule has 0 bridgehead atoms. The first-order valence-corrected chi connectivity index (χ1v) is 16.0. The lowest BCUT2D eigenvalue weighted by Crippen LogP contribution is -2.32. The molecule has 1 spiro atoms. The van der Waals surface area contributed by atoms with Gasteiger partial charge in [0.2, 0.25) is 0 Å². The van der Waals surface area contributed by atoms with E-state index >= 15 is 0 Å². The molecule has 3 heterocycles. The normalized spacial score (nSPS) is 13.3. The molecule has 1 aliphatic heterocycles. The summed E-state index contributed by atoms with van der Waals surface area (Å²) in [5.41, 5.74) is 15.2. The van der Waals surface area contributed by atoms with Gasteiger partial charge >= 0.3 is 0 Å². The van der Waals surface area contributed by atoms with Crippen LogP contribution in [0, 0.1) is 20.8 Å². The second kappa shape index (κ2) is 10.3. The van der Waals surface area contributed by atoms with Crippen molar-refractivity contribution in [3.8, 4) is 56.1 Å². The van der Waals surface area contributed by atoms with Gasteiger partial charge in [-0.05, 0) is 120 Å². The van der Waals surface area contributed by atoms with Crippen LogP contribution >= 0.6 is 0 Å². The van der Waals surface area contributed by atoms with E-state index in [0.717, 1.165) is 67.8 Å². The standard InChI is InChI=1S/C43H31N3O/c1-26-21-32(19-20-44-26)30-10-8-9-29(23-30)31-15-17-41-38(24-31)43(36-13-6-4-11-34(36)35-12-5-7-14-37(35)43)39-25-33(16-18-42(39)47-41)40-22-27(2)45-28(3)46-40/h4-25H,1-3H3. The SMILES string of the molecule is Cc1cc(-c2cccc(-c3ccc4c(c3)C3(c5cc(-c6cc(C)nc(C)n6)ccc5O4)c4ccccc4-c4ccccc43)c2)ccn1. The third-order valence-electron chi connectivity index (χ3n) is 9.63. The Kier molecular flexibility index (Phi) is 6.03. The first kappa shape index (κ1) is 27.4. The summed E-state index contributed by atoms with van der Waals surface area (Å²) in [6, 6.07) is 45.9. The van der Waals surface area contributed by atoms with Crippen LogP contribution in [0.15, 0.2) is 134 Å². The Labute approximate surface area is 274 Å². The number of aryl methyl sites for hydroxylation is 3. The van der Waals surface area contributed by atoms with Gasteiger partial charge in [-0.3, -0.25) is 4.98 Å². The molecule has 5 aromatic carbocycles. The fourth-order valence-electron chi connectivity index (χ4n) is 7.71. The Morgan fingerprint density at radius 3 is 1.72 bits per heavy atom. The van der Waals surface area contributed by atoms with Gasteiger partial charge < -0.3 is 4.74 Å². The fourth-order valence-corrected chi connectivity index (χ4v) is 7.71. The van der Waals surface area contributed by atoms with E-state index in [1.807, 2.05) is 27.0 Å². The van der Waals surface area contributed by atoms with E-state index in [1.165, 1.54) is 27.8 Å². The predicted molar refractivity (Wildman–Crippen MR) is 188 cm³/mol. The molecule has 0 N–H and O–H groups in total. The van der Waals surface area contributed by atoms with Crippen molar-refractivity contribution in [2.75, 3.05) is 0 Å². The number of ether oxygens (including phenoxy) is 1. The molecule has 4 nitrogen and oxygen atoms in total. The zero-order valence-corrected chi connectivity index (χ0v) is 26.5. The highest BCUT2D eigenvalue weighted by atomic mass is 16.5. The van der Waals surface area contributed by atoms with Crippen LogP contribution in [0.25, 0.3) is 44.6 Å². The molecule has 0 saturated carbocycles. The average molecular weight is 606 g/mol. The molecule has 2 aromatic heterocycles. The lowest BCUT2D eigenvalue weighted by atomic mass is 9.65. The topological polar surface area (TPSA) is 47.9 Å². The monoisotopic (exact) mass is 605 g/mol. The third-order valence-corrected chi connectivity index (χ3v) is 9.63. The molecule has 7 aromatic rings. The molecule has 0 atom stereocenters. The molecule has 0 unspecified atom stereocenters. The van der Waals surface area contributed by atoms with E-state index < -0.39 is 5.41 Å². The quantitative estimate of drug-likeness (QED) is 0.201. The number of aromatic nitrogens is 3. The van der Waals surface area contributed by atoms with Crippen LogP contribution in [0.1, 0.15) is 39.5 Å². The zero-order valence-electron chi connectivity index (χ0n) is 26.5. The molecule has 224 valence electrons. The Hall–Kier alpha value is -5.87. The summed E-state index contributed by atoms with van der Waals surface area (Å²) in [7, 11) is 0. The van der Waals surface area contributed by atoms with Crippen molar-refractivity contribution in [2.45, 2.75) is 26.2 Å². The Balaban J connectivity index is 1.31. The van der Waals surface area contributed by atoms with E-state index in [2.05, 4.69) is 137 Å². The van der Waals surface area contributed by atoms with E-state index in [0.29, 0.717) is 0 Å². The van der Waals surface area contributed by atoms with Crippen LogP contribution in [0.2, 0.25) is 0 Å². The Morgan fingerprint density at radius 1 is 0.468 bits per heavy atom. The van der Waals surface area contributed by atoms with Crippen molar-refractivity contribution in [1.29, 1.82) is 0 Å². The Morgan fingerprint density at radius 2 is 1.06 bits per heavy atom. The van der Waals surface area contributed by atoms with Crippen molar-refractivity contribution < 1.29 is 4.74 Å². The average Bonchev–Trinajstić information content (AvgIpc) is 3.39. The smallest absolute Gasteiger partial charge is 0.132 e. The molecule has 9 rings (SSSR count). The van der Waals surface area contributed by atoms with Gasteiger partial charge in [0, 0.05) is 34.3 Å². The molecular formula is C43H31N3O. The summed E-state index contributed by atoms with van der Waals surface area (Å²) in [5.74, 6) is 2.49. The molecule has 47 heavy (non-hydrogen) atoms. The van der Waals surface area contributed by atoms with Crippen molar-refractivity contribution in [3.05, 3.63) is 173 Å². The van der Waals surface area contributed by atoms with Crippen LogP contribution in [-0.4, -0.2) is 15.0 Å². The summed E-state index contributed by atoms with van der Waals surface area (Å²) in [4.78, 5) is 13.8. The van der Waals surface area contributed by atoms with E-state index in [4.69, 9.17) is 9.72 Å².